The van der Waals surface area contributed by atoms with E-state index in [0.717, 1.165) is 12.8 Å². The van der Waals surface area contributed by atoms with Crippen molar-refractivity contribution in [3.8, 4) is 0 Å². The van der Waals surface area contributed by atoms with E-state index in [2.05, 4.69) is 69.8 Å². The Labute approximate surface area is 181 Å². The molecule has 0 radical (unpaired) electrons. The van der Waals surface area contributed by atoms with E-state index in [1.54, 1.807) is 0 Å². The van der Waals surface area contributed by atoms with E-state index in [9.17, 15) is 4.79 Å². The zero-order chi connectivity index (χ0) is 21.3. The Hall–Kier alpha value is -2.35. The van der Waals surface area contributed by atoms with E-state index >= 15 is 0 Å². The van der Waals surface area contributed by atoms with Gasteiger partial charge in [-0.05, 0) is 41.2 Å². The minimum absolute atomic E-state index is 0.0288. The van der Waals surface area contributed by atoms with Crippen molar-refractivity contribution in [1.82, 2.24) is 0 Å². The van der Waals surface area contributed by atoms with Crippen LogP contribution in [0.2, 0.25) is 0 Å². The molecule has 0 amide bonds. The summed E-state index contributed by atoms with van der Waals surface area (Å²) in [5.74, 6) is 1.17. The second kappa shape index (κ2) is 8.41. The molecule has 0 spiro atoms. The summed E-state index contributed by atoms with van der Waals surface area (Å²) >= 11 is 0. The van der Waals surface area contributed by atoms with Gasteiger partial charge in [-0.2, -0.15) is 0 Å². The van der Waals surface area contributed by atoms with Crippen LogP contribution in [0.3, 0.4) is 0 Å². The molecular weight excluding hydrogens is 368 g/mol. The Bertz CT molecular complexity index is 870. The normalized spacial score (nSPS) is 31.0. The molecule has 0 heterocycles. The number of esters is 1. The SMILES string of the molecule is C=C[C@@H]1[C@@H](C(=O)O[C@@H]2C[C@H](C)CC[C@H]2C(C)(C)c2ccccc2)[C@@H]1c1ccccc1. The first-order valence-corrected chi connectivity index (χ1v) is 11.4. The lowest BCUT2D eigenvalue weighted by molar-refractivity contribution is -0.158. The first kappa shape index (κ1) is 20.9. The Morgan fingerprint density at radius 3 is 2.30 bits per heavy atom. The van der Waals surface area contributed by atoms with Crippen LogP contribution in [-0.2, 0) is 14.9 Å². The summed E-state index contributed by atoms with van der Waals surface area (Å²) in [5.41, 5.74) is 2.50. The average Bonchev–Trinajstić information content (AvgIpc) is 3.50. The van der Waals surface area contributed by atoms with Crippen LogP contribution in [-0.4, -0.2) is 12.1 Å². The third-order valence-electron chi connectivity index (χ3n) is 7.57. The van der Waals surface area contributed by atoms with Gasteiger partial charge in [0.15, 0.2) is 0 Å². The van der Waals surface area contributed by atoms with Crippen LogP contribution in [0.15, 0.2) is 73.3 Å². The molecule has 158 valence electrons. The molecule has 0 aromatic heterocycles. The second-order valence-electron chi connectivity index (χ2n) is 9.86. The maximum Gasteiger partial charge on any atom is 0.310 e. The molecule has 2 aliphatic rings. The van der Waals surface area contributed by atoms with Crippen molar-refractivity contribution < 1.29 is 9.53 Å². The highest BCUT2D eigenvalue weighted by atomic mass is 16.5. The molecule has 2 fully saturated rings. The highest BCUT2D eigenvalue weighted by molar-refractivity contribution is 5.79. The van der Waals surface area contributed by atoms with E-state index in [4.69, 9.17) is 4.74 Å². The van der Waals surface area contributed by atoms with Gasteiger partial charge in [-0.3, -0.25) is 4.79 Å². The van der Waals surface area contributed by atoms with Crippen molar-refractivity contribution in [1.29, 1.82) is 0 Å². The summed E-state index contributed by atoms with van der Waals surface area (Å²) in [6.45, 7) is 10.9. The van der Waals surface area contributed by atoms with E-state index in [1.807, 2.05) is 24.3 Å². The predicted octanol–water partition coefficient (Wildman–Crippen LogP) is 6.53. The minimum atomic E-state index is -0.0948. The lowest BCUT2D eigenvalue weighted by atomic mass is 9.64. The monoisotopic (exact) mass is 402 g/mol. The number of allylic oxidation sites excluding steroid dienone is 1. The van der Waals surface area contributed by atoms with Crippen LogP contribution in [0.25, 0.3) is 0 Å². The van der Waals surface area contributed by atoms with Crippen molar-refractivity contribution >= 4 is 5.97 Å². The number of hydrogen-bond donors (Lipinski definition) is 0. The molecule has 0 saturated heterocycles. The molecule has 6 atom stereocenters. The number of rotatable bonds is 6. The summed E-state index contributed by atoms with van der Waals surface area (Å²) < 4.78 is 6.30. The van der Waals surface area contributed by atoms with Crippen LogP contribution >= 0.6 is 0 Å². The van der Waals surface area contributed by atoms with Gasteiger partial charge in [0.25, 0.3) is 0 Å². The smallest absolute Gasteiger partial charge is 0.310 e. The topological polar surface area (TPSA) is 26.3 Å². The van der Waals surface area contributed by atoms with Gasteiger partial charge in [0.1, 0.15) is 6.10 Å². The Morgan fingerprint density at radius 1 is 1.03 bits per heavy atom. The quantitative estimate of drug-likeness (QED) is 0.406. The fourth-order valence-corrected chi connectivity index (χ4v) is 5.63. The van der Waals surface area contributed by atoms with E-state index in [0.29, 0.717) is 11.8 Å². The fourth-order valence-electron chi connectivity index (χ4n) is 5.63. The van der Waals surface area contributed by atoms with Crippen molar-refractivity contribution in [3.05, 3.63) is 84.4 Å². The summed E-state index contributed by atoms with van der Waals surface area (Å²) in [6.07, 6.45) is 5.14. The average molecular weight is 403 g/mol. The fraction of sp³-hybridized carbons (Fsp3) is 0.464. The first-order valence-electron chi connectivity index (χ1n) is 11.4. The Balaban J connectivity index is 1.52. The number of hydrogen-bond acceptors (Lipinski definition) is 2. The predicted molar refractivity (Wildman–Crippen MR) is 122 cm³/mol. The Morgan fingerprint density at radius 2 is 1.67 bits per heavy atom. The number of carbonyl (C=O) groups excluding carboxylic acids is 1. The summed E-state index contributed by atoms with van der Waals surface area (Å²) in [7, 11) is 0. The maximum absolute atomic E-state index is 13.3. The minimum Gasteiger partial charge on any atom is -0.462 e. The van der Waals surface area contributed by atoms with Gasteiger partial charge in [-0.1, -0.05) is 93.9 Å². The molecule has 0 bridgehead atoms. The highest BCUT2D eigenvalue weighted by Crippen LogP contribution is 2.56. The molecule has 0 aliphatic heterocycles. The summed E-state index contributed by atoms with van der Waals surface area (Å²) in [5, 5.41) is 0. The molecule has 0 N–H and O–H groups in total. The van der Waals surface area contributed by atoms with Crippen LogP contribution in [0, 0.1) is 23.7 Å². The van der Waals surface area contributed by atoms with Gasteiger partial charge >= 0.3 is 5.97 Å². The third-order valence-corrected chi connectivity index (χ3v) is 7.57. The summed E-state index contributed by atoms with van der Waals surface area (Å²) in [4.78, 5) is 13.3. The molecule has 0 unspecified atom stereocenters. The number of ether oxygens (including phenoxy) is 1. The number of benzene rings is 2. The molecule has 30 heavy (non-hydrogen) atoms. The van der Waals surface area contributed by atoms with Gasteiger partial charge in [0.05, 0.1) is 5.92 Å². The Kier molecular flexibility index (Phi) is 5.86. The standard InChI is InChI=1S/C28H34O2/c1-5-22-25(20-12-8-6-9-13-20)26(22)27(29)30-24-18-19(2)16-17-23(24)28(3,4)21-14-10-7-11-15-21/h5-15,19,22-26H,1,16-18H2,2-4H3/t19-,22+,23-,24-,25-,26-/m1/s1. The molecular formula is C28H34O2. The van der Waals surface area contributed by atoms with Crippen molar-refractivity contribution in [2.45, 2.75) is 57.5 Å². The molecule has 2 aromatic carbocycles. The molecule has 2 nitrogen and oxygen atoms in total. The largest absolute Gasteiger partial charge is 0.462 e. The van der Waals surface area contributed by atoms with Crippen molar-refractivity contribution in [2.24, 2.45) is 23.7 Å². The zero-order valence-corrected chi connectivity index (χ0v) is 18.5. The molecule has 2 heteroatoms. The van der Waals surface area contributed by atoms with Gasteiger partial charge < -0.3 is 4.74 Å². The van der Waals surface area contributed by atoms with Gasteiger partial charge in [-0.25, -0.2) is 0 Å². The number of carbonyl (C=O) groups is 1. The lowest BCUT2D eigenvalue weighted by Crippen LogP contribution is -2.43. The second-order valence-corrected chi connectivity index (χ2v) is 9.86. The van der Waals surface area contributed by atoms with E-state index < -0.39 is 0 Å². The molecule has 2 aromatic rings. The van der Waals surface area contributed by atoms with E-state index in [-0.39, 0.29) is 35.2 Å². The van der Waals surface area contributed by atoms with Gasteiger partial charge in [0, 0.05) is 11.8 Å². The lowest BCUT2D eigenvalue weighted by Gasteiger charge is -2.44. The molecule has 2 saturated carbocycles. The first-order chi connectivity index (χ1) is 14.4. The van der Waals surface area contributed by atoms with Crippen LogP contribution < -0.4 is 0 Å². The van der Waals surface area contributed by atoms with Gasteiger partial charge in [0.2, 0.25) is 0 Å². The molecule has 4 rings (SSSR count). The maximum atomic E-state index is 13.3. The van der Waals surface area contributed by atoms with Gasteiger partial charge in [-0.15, -0.1) is 6.58 Å². The summed E-state index contributed by atoms with van der Waals surface area (Å²) in [6, 6.07) is 21.0. The highest BCUT2D eigenvalue weighted by Gasteiger charge is 2.55. The van der Waals surface area contributed by atoms with Crippen LogP contribution in [0.5, 0.6) is 0 Å². The zero-order valence-electron chi connectivity index (χ0n) is 18.5. The van der Waals surface area contributed by atoms with Crippen LogP contribution in [0.1, 0.15) is 57.1 Å². The third kappa shape index (κ3) is 3.97. The van der Waals surface area contributed by atoms with Crippen molar-refractivity contribution in [2.75, 3.05) is 0 Å². The van der Waals surface area contributed by atoms with Crippen LogP contribution in [0.4, 0.5) is 0 Å². The van der Waals surface area contributed by atoms with Crippen molar-refractivity contribution in [3.63, 3.8) is 0 Å². The molecule has 2 aliphatic carbocycles. The van der Waals surface area contributed by atoms with E-state index in [1.165, 1.54) is 17.5 Å².